The summed E-state index contributed by atoms with van der Waals surface area (Å²) in [6, 6.07) is 23.1. The zero-order valence-corrected chi connectivity index (χ0v) is 20.7. The fraction of sp³-hybridized carbons (Fsp3) is 0.231. The number of benzene rings is 3. The summed E-state index contributed by atoms with van der Waals surface area (Å²) < 4.78 is 14.1. The first-order valence-corrected chi connectivity index (χ1v) is 12.5. The van der Waals surface area contributed by atoms with Crippen LogP contribution in [-0.2, 0) is 28.3 Å². The van der Waals surface area contributed by atoms with Crippen molar-refractivity contribution < 1.29 is 14.0 Å². The van der Waals surface area contributed by atoms with Crippen LogP contribution in [0, 0.1) is 5.82 Å². The van der Waals surface area contributed by atoms with E-state index in [0.29, 0.717) is 18.7 Å². The summed E-state index contributed by atoms with van der Waals surface area (Å²) in [5, 5.41) is 2.72. The van der Waals surface area contributed by atoms with Crippen molar-refractivity contribution in [3.63, 3.8) is 0 Å². The van der Waals surface area contributed by atoms with Gasteiger partial charge in [0.25, 0.3) is 0 Å². The normalized spacial score (nSPS) is 11.6. The van der Waals surface area contributed by atoms with Gasteiger partial charge < -0.3 is 10.2 Å². The molecule has 7 heteroatoms. The minimum atomic E-state index is -0.643. The molecule has 3 aromatic rings. The summed E-state index contributed by atoms with van der Waals surface area (Å²) in [5.41, 5.74) is 2.86. The molecule has 0 unspecified atom stereocenters. The molecule has 33 heavy (non-hydrogen) atoms. The number of hydrogen-bond donors (Lipinski definition) is 1. The van der Waals surface area contributed by atoms with Gasteiger partial charge in [-0.2, -0.15) is 0 Å². The van der Waals surface area contributed by atoms with Gasteiger partial charge in [0.2, 0.25) is 11.8 Å². The molecule has 0 radical (unpaired) electrons. The van der Waals surface area contributed by atoms with Crippen LogP contribution in [0.4, 0.5) is 4.39 Å². The first kappa shape index (κ1) is 25.0. The number of nitrogens with zero attached hydrogens (tertiary/aromatic N) is 1. The van der Waals surface area contributed by atoms with Crippen molar-refractivity contribution in [2.24, 2.45) is 0 Å². The number of rotatable bonds is 10. The van der Waals surface area contributed by atoms with Gasteiger partial charge in [0, 0.05) is 30.2 Å². The fourth-order valence-corrected chi connectivity index (χ4v) is 4.79. The van der Waals surface area contributed by atoms with Crippen LogP contribution in [0.25, 0.3) is 0 Å². The van der Waals surface area contributed by atoms with Crippen molar-refractivity contribution in [2.75, 3.05) is 12.8 Å². The predicted octanol–water partition coefficient (Wildman–Crippen LogP) is 5.21. The number of hydrogen-bond acceptors (Lipinski definition) is 3. The van der Waals surface area contributed by atoms with Gasteiger partial charge in [-0.1, -0.05) is 70.5 Å². The lowest BCUT2D eigenvalue weighted by atomic mass is 10.0. The number of amides is 2. The van der Waals surface area contributed by atoms with Crippen LogP contribution in [-0.4, -0.2) is 35.6 Å². The summed E-state index contributed by atoms with van der Waals surface area (Å²) in [6.07, 6.45) is 0.420. The highest BCUT2D eigenvalue weighted by molar-refractivity contribution is 9.10. The lowest BCUT2D eigenvalue weighted by molar-refractivity contribution is -0.139. The molecule has 3 rings (SSSR count). The Balaban J connectivity index is 1.80. The van der Waals surface area contributed by atoms with Gasteiger partial charge in [0.1, 0.15) is 11.9 Å². The molecule has 0 aliphatic carbocycles. The number of nitrogens with one attached hydrogen (secondary N) is 1. The molecule has 0 aliphatic heterocycles. The van der Waals surface area contributed by atoms with Crippen LogP contribution < -0.4 is 5.32 Å². The van der Waals surface area contributed by atoms with Crippen LogP contribution >= 0.6 is 27.7 Å². The van der Waals surface area contributed by atoms with Crippen LogP contribution in [0.1, 0.15) is 16.7 Å². The molecule has 0 bridgehead atoms. The first-order chi connectivity index (χ1) is 16.0. The van der Waals surface area contributed by atoms with E-state index in [2.05, 4.69) is 21.2 Å². The number of carbonyl (C=O) groups excluding carboxylic acids is 2. The molecule has 0 aliphatic rings. The molecule has 0 spiro atoms. The second kappa shape index (κ2) is 12.6. The average Bonchev–Trinajstić information content (AvgIpc) is 2.82. The van der Waals surface area contributed by atoms with Gasteiger partial charge >= 0.3 is 0 Å². The molecule has 0 saturated carbocycles. The van der Waals surface area contributed by atoms with Crippen LogP contribution in [0.15, 0.2) is 83.3 Å². The number of halogens is 2. The zero-order chi connectivity index (χ0) is 23.6. The quantitative estimate of drug-likeness (QED) is 0.393. The molecular weight excluding hydrogens is 503 g/mol. The van der Waals surface area contributed by atoms with Crippen molar-refractivity contribution in [3.05, 3.63) is 106 Å². The molecule has 1 atom stereocenters. The SMILES string of the molecule is CNC(=O)[C@H](Cc1ccccc1)N(Cc1cccc(Br)c1)C(=O)CSCc1ccc(F)cc1. The van der Waals surface area contributed by atoms with E-state index in [9.17, 15) is 14.0 Å². The van der Waals surface area contributed by atoms with Gasteiger partial charge in [-0.15, -0.1) is 11.8 Å². The van der Waals surface area contributed by atoms with Crippen molar-refractivity contribution >= 4 is 39.5 Å². The van der Waals surface area contributed by atoms with Crippen molar-refractivity contribution in [1.29, 1.82) is 0 Å². The Labute approximate surface area is 206 Å². The molecule has 0 saturated heterocycles. The van der Waals surface area contributed by atoms with E-state index in [4.69, 9.17) is 0 Å². The number of likely N-dealkylation sites (N-methyl/N-ethyl adjacent to an activating group) is 1. The minimum absolute atomic E-state index is 0.119. The van der Waals surface area contributed by atoms with Crippen molar-refractivity contribution in [2.45, 2.75) is 24.8 Å². The summed E-state index contributed by atoms with van der Waals surface area (Å²) in [5.74, 6) is 0.194. The summed E-state index contributed by atoms with van der Waals surface area (Å²) in [7, 11) is 1.59. The van der Waals surface area contributed by atoms with E-state index >= 15 is 0 Å². The Morgan fingerprint density at radius 3 is 2.33 bits per heavy atom. The standard InChI is InChI=1S/C26H26BrFN2O2S/c1-29-26(32)24(15-19-6-3-2-4-7-19)30(16-21-8-5-9-22(27)14-21)25(31)18-33-17-20-10-12-23(28)13-11-20/h2-14,24H,15-18H2,1H3,(H,29,32)/t24-/m0/s1. The largest absolute Gasteiger partial charge is 0.357 e. The van der Waals surface area contributed by atoms with E-state index in [-0.39, 0.29) is 23.4 Å². The Kier molecular flexibility index (Phi) is 9.51. The van der Waals surface area contributed by atoms with E-state index in [1.54, 1.807) is 24.1 Å². The molecule has 0 fully saturated rings. The van der Waals surface area contributed by atoms with E-state index in [0.717, 1.165) is 21.2 Å². The van der Waals surface area contributed by atoms with E-state index in [1.165, 1.54) is 23.9 Å². The van der Waals surface area contributed by atoms with Gasteiger partial charge in [-0.25, -0.2) is 4.39 Å². The first-order valence-electron chi connectivity index (χ1n) is 10.6. The van der Waals surface area contributed by atoms with Crippen LogP contribution in [0.5, 0.6) is 0 Å². The van der Waals surface area contributed by atoms with E-state index < -0.39 is 6.04 Å². The molecular formula is C26H26BrFN2O2S. The molecule has 2 amide bonds. The Hall–Kier alpha value is -2.64. The Morgan fingerprint density at radius 2 is 1.67 bits per heavy atom. The number of carbonyl (C=O) groups is 2. The maximum atomic E-state index is 13.4. The maximum absolute atomic E-state index is 13.4. The highest BCUT2D eigenvalue weighted by Crippen LogP contribution is 2.20. The highest BCUT2D eigenvalue weighted by Gasteiger charge is 2.29. The van der Waals surface area contributed by atoms with Gasteiger partial charge in [-0.05, 0) is 41.0 Å². The van der Waals surface area contributed by atoms with Crippen LogP contribution in [0.2, 0.25) is 0 Å². The average molecular weight is 529 g/mol. The molecule has 0 aromatic heterocycles. The van der Waals surface area contributed by atoms with Crippen molar-refractivity contribution in [1.82, 2.24) is 10.2 Å². The second-order valence-corrected chi connectivity index (χ2v) is 9.49. The van der Waals surface area contributed by atoms with Gasteiger partial charge in [-0.3, -0.25) is 9.59 Å². The lowest BCUT2D eigenvalue weighted by Gasteiger charge is -2.31. The predicted molar refractivity (Wildman–Crippen MR) is 135 cm³/mol. The molecule has 1 N–H and O–H groups in total. The van der Waals surface area contributed by atoms with Gasteiger partial charge in [0.05, 0.1) is 5.75 Å². The Bertz CT molecular complexity index is 1060. The fourth-order valence-electron chi connectivity index (χ4n) is 3.47. The molecule has 4 nitrogen and oxygen atoms in total. The molecule has 0 heterocycles. The summed E-state index contributed by atoms with van der Waals surface area (Å²) in [6.45, 7) is 0.320. The third-order valence-electron chi connectivity index (χ3n) is 5.17. The molecule has 172 valence electrons. The smallest absolute Gasteiger partial charge is 0.242 e. The van der Waals surface area contributed by atoms with Crippen LogP contribution in [0.3, 0.4) is 0 Å². The minimum Gasteiger partial charge on any atom is -0.357 e. The Morgan fingerprint density at radius 1 is 0.970 bits per heavy atom. The highest BCUT2D eigenvalue weighted by atomic mass is 79.9. The lowest BCUT2D eigenvalue weighted by Crippen LogP contribution is -2.50. The van der Waals surface area contributed by atoms with Crippen molar-refractivity contribution in [3.8, 4) is 0 Å². The monoisotopic (exact) mass is 528 g/mol. The molecule has 3 aromatic carbocycles. The third kappa shape index (κ3) is 7.72. The zero-order valence-electron chi connectivity index (χ0n) is 18.3. The second-order valence-electron chi connectivity index (χ2n) is 7.59. The van der Waals surface area contributed by atoms with E-state index in [1.807, 2.05) is 54.6 Å². The summed E-state index contributed by atoms with van der Waals surface area (Å²) >= 11 is 4.93. The van der Waals surface area contributed by atoms with Gasteiger partial charge in [0.15, 0.2) is 0 Å². The number of thioether (sulfide) groups is 1. The topological polar surface area (TPSA) is 49.4 Å². The summed E-state index contributed by atoms with van der Waals surface area (Å²) in [4.78, 5) is 27.9. The third-order valence-corrected chi connectivity index (χ3v) is 6.65. The maximum Gasteiger partial charge on any atom is 0.242 e.